The summed E-state index contributed by atoms with van der Waals surface area (Å²) < 4.78 is 5.19. The van der Waals surface area contributed by atoms with Crippen LogP contribution in [0.1, 0.15) is 62.6 Å². The minimum atomic E-state index is -0.183. The molecule has 0 radical (unpaired) electrons. The average Bonchev–Trinajstić information content (AvgIpc) is 2.82. The van der Waals surface area contributed by atoms with Gasteiger partial charge in [0.05, 0.1) is 19.6 Å². The van der Waals surface area contributed by atoms with Gasteiger partial charge in [0.25, 0.3) is 0 Å². The third kappa shape index (κ3) is 7.07. The van der Waals surface area contributed by atoms with Crippen LogP contribution in [0, 0.1) is 5.92 Å². The fraction of sp³-hybridized carbons (Fsp3) is 0.517. The van der Waals surface area contributed by atoms with Crippen LogP contribution in [-0.2, 0) is 16.0 Å². The molecule has 6 heteroatoms. The van der Waals surface area contributed by atoms with Crippen LogP contribution >= 0.6 is 0 Å². The maximum absolute atomic E-state index is 12.7. The molecule has 1 aliphatic carbocycles. The van der Waals surface area contributed by atoms with Gasteiger partial charge in [0, 0.05) is 31.1 Å². The highest BCUT2D eigenvalue weighted by Crippen LogP contribution is 2.28. The Labute approximate surface area is 209 Å². The Morgan fingerprint density at radius 3 is 2.34 bits per heavy atom. The second-order valence-electron chi connectivity index (χ2n) is 10.4. The van der Waals surface area contributed by atoms with Crippen LogP contribution in [0.15, 0.2) is 54.6 Å². The largest absolute Gasteiger partial charge is 0.497 e. The van der Waals surface area contributed by atoms with Gasteiger partial charge in [-0.2, -0.15) is 0 Å². The molecular weight excluding hydrogens is 438 g/mol. The molecule has 0 aromatic heterocycles. The number of piperidine rings is 1. The topological polar surface area (TPSA) is 70.7 Å². The number of ether oxygens (including phenoxy) is 1. The van der Waals surface area contributed by atoms with Crippen LogP contribution in [0.3, 0.4) is 0 Å². The highest BCUT2D eigenvalue weighted by atomic mass is 16.5. The number of nitrogens with zero attached hydrogens (tertiary/aromatic N) is 1. The van der Waals surface area contributed by atoms with Crippen LogP contribution in [0.5, 0.6) is 5.75 Å². The summed E-state index contributed by atoms with van der Waals surface area (Å²) >= 11 is 0. The van der Waals surface area contributed by atoms with Gasteiger partial charge in [0.15, 0.2) is 0 Å². The zero-order valence-electron chi connectivity index (χ0n) is 21.1. The molecule has 0 bridgehead atoms. The molecule has 4 rings (SSSR count). The van der Waals surface area contributed by atoms with E-state index in [0.717, 1.165) is 69.5 Å². The number of amides is 2. The van der Waals surface area contributed by atoms with Gasteiger partial charge in [0.2, 0.25) is 11.8 Å². The summed E-state index contributed by atoms with van der Waals surface area (Å²) in [6, 6.07) is 18.0. The van der Waals surface area contributed by atoms with Crippen LogP contribution in [0.25, 0.3) is 0 Å². The summed E-state index contributed by atoms with van der Waals surface area (Å²) in [5.41, 5.74) is 1.98. The lowest BCUT2D eigenvalue weighted by molar-refractivity contribution is -0.128. The van der Waals surface area contributed by atoms with E-state index in [1.54, 1.807) is 7.11 Å². The van der Waals surface area contributed by atoms with Crippen LogP contribution in [0.2, 0.25) is 0 Å². The normalized spacial score (nSPS) is 18.8. The fourth-order valence-electron chi connectivity index (χ4n) is 4.98. The predicted octanol–water partition coefficient (Wildman–Crippen LogP) is 4.26. The van der Waals surface area contributed by atoms with E-state index in [9.17, 15) is 9.59 Å². The standard InChI is InChI=1S/C29H39N3O3/c1-29(31-27(33)21-22-11-13-25(35-2)14-12-22)16-19-32(20-17-29)18-15-26(23-7-4-3-5-8-23)30-28(34)24-9-6-10-24/h3-5,7-8,11-14,24,26H,6,9-10,15-21H2,1-2H3,(H,30,34)(H,31,33). The molecule has 0 spiro atoms. The molecule has 2 amide bonds. The van der Waals surface area contributed by atoms with E-state index in [-0.39, 0.29) is 29.3 Å². The van der Waals surface area contributed by atoms with Gasteiger partial charge in [0.1, 0.15) is 5.75 Å². The van der Waals surface area contributed by atoms with Crippen molar-refractivity contribution in [1.29, 1.82) is 0 Å². The van der Waals surface area contributed by atoms with E-state index in [2.05, 4.69) is 34.6 Å². The van der Waals surface area contributed by atoms with Crippen LogP contribution in [-0.4, -0.2) is 49.0 Å². The predicted molar refractivity (Wildman–Crippen MR) is 138 cm³/mol. The number of nitrogens with one attached hydrogen (secondary N) is 2. The molecule has 188 valence electrons. The number of carbonyl (C=O) groups excluding carboxylic acids is 2. The van der Waals surface area contributed by atoms with Crippen molar-refractivity contribution < 1.29 is 14.3 Å². The van der Waals surface area contributed by atoms with Gasteiger partial charge < -0.3 is 20.3 Å². The maximum Gasteiger partial charge on any atom is 0.224 e. The zero-order chi connectivity index (χ0) is 24.7. The van der Waals surface area contributed by atoms with Gasteiger partial charge in [-0.1, -0.05) is 48.9 Å². The summed E-state index contributed by atoms with van der Waals surface area (Å²) in [7, 11) is 1.64. The van der Waals surface area contributed by atoms with E-state index >= 15 is 0 Å². The number of hydrogen-bond donors (Lipinski definition) is 2. The van der Waals surface area contributed by atoms with Crippen LogP contribution in [0.4, 0.5) is 0 Å². The van der Waals surface area contributed by atoms with Crippen molar-refractivity contribution in [3.8, 4) is 5.75 Å². The molecule has 2 fully saturated rings. The minimum absolute atomic E-state index is 0.0433. The Balaban J connectivity index is 1.25. The van der Waals surface area contributed by atoms with Crippen molar-refractivity contribution in [2.75, 3.05) is 26.7 Å². The van der Waals surface area contributed by atoms with E-state index in [1.807, 2.05) is 42.5 Å². The number of likely N-dealkylation sites (tertiary alicyclic amines) is 1. The Morgan fingerprint density at radius 2 is 1.74 bits per heavy atom. The first-order valence-corrected chi connectivity index (χ1v) is 13.0. The Hall–Kier alpha value is -2.86. The number of benzene rings is 2. The maximum atomic E-state index is 12.7. The number of carbonyl (C=O) groups is 2. The van der Waals surface area contributed by atoms with Crippen molar-refractivity contribution in [2.24, 2.45) is 5.92 Å². The van der Waals surface area contributed by atoms with Gasteiger partial charge in [-0.05, 0) is 62.3 Å². The average molecular weight is 478 g/mol. The van der Waals surface area contributed by atoms with E-state index in [0.29, 0.717) is 6.42 Å². The molecule has 1 saturated carbocycles. The summed E-state index contributed by atoms with van der Waals surface area (Å²) in [4.78, 5) is 27.8. The molecule has 1 unspecified atom stereocenters. The Kier molecular flexibility index (Phi) is 8.45. The molecule has 1 atom stereocenters. The summed E-state index contributed by atoms with van der Waals surface area (Å²) in [6.45, 7) is 4.97. The molecule has 2 aromatic carbocycles. The van der Waals surface area contributed by atoms with Gasteiger partial charge >= 0.3 is 0 Å². The third-order valence-corrected chi connectivity index (χ3v) is 7.65. The van der Waals surface area contributed by atoms with Gasteiger partial charge in [-0.3, -0.25) is 9.59 Å². The van der Waals surface area contributed by atoms with Crippen LogP contribution < -0.4 is 15.4 Å². The van der Waals surface area contributed by atoms with Crippen molar-refractivity contribution in [3.63, 3.8) is 0 Å². The van der Waals surface area contributed by atoms with Gasteiger partial charge in [-0.25, -0.2) is 0 Å². The molecule has 1 heterocycles. The molecule has 1 saturated heterocycles. The summed E-state index contributed by atoms with van der Waals surface area (Å²) in [5.74, 6) is 1.26. The molecule has 6 nitrogen and oxygen atoms in total. The Morgan fingerprint density at radius 1 is 1.06 bits per heavy atom. The number of hydrogen-bond acceptors (Lipinski definition) is 4. The quantitative estimate of drug-likeness (QED) is 0.537. The molecule has 1 aliphatic heterocycles. The number of methoxy groups -OCH3 is 1. The summed E-state index contributed by atoms with van der Waals surface area (Å²) in [6.07, 6.45) is 6.31. The second-order valence-corrected chi connectivity index (χ2v) is 10.4. The highest BCUT2D eigenvalue weighted by Gasteiger charge is 2.32. The zero-order valence-corrected chi connectivity index (χ0v) is 21.1. The van der Waals surface area contributed by atoms with Crippen molar-refractivity contribution in [1.82, 2.24) is 15.5 Å². The molecule has 35 heavy (non-hydrogen) atoms. The monoisotopic (exact) mass is 477 g/mol. The first-order chi connectivity index (χ1) is 16.9. The van der Waals surface area contributed by atoms with E-state index in [1.165, 1.54) is 5.56 Å². The lowest BCUT2D eigenvalue weighted by Crippen LogP contribution is -2.54. The molecule has 2 N–H and O–H groups in total. The smallest absolute Gasteiger partial charge is 0.224 e. The lowest BCUT2D eigenvalue weighted by Gasteiger charge is -2.40. The first kappa shape index (κ1) is 25.2. The lowest BCUT2D eigenvalue weighted by atomic mass is 9.84. The molecule has 2 aromatic rings. The summed E-state index contributed by atoms with van der Waals surface area (Å²) in [5, 5.41) is 6.60. The van der Waals surface area contributed by atoms with Gasteiger partial charge in [-0.15, -0.1) is 0 Å². The fourth-order valence-corrected chi connectivity index (χ4v) is 4.98. The second kappa shape index (κ2) is 11.7. The molecular formula is C29H39N3O3. The SMILES string of the molecule is COc1ccc(CC(=O)NC2(C)CCN(CCC(NC(=O)C3CCC3)c3ccccc3)CC2)cc1. The number of rotatable bonds is 10. The third-order valence-electron chi connectivity index (χ3n) is 7.65. The van der Waals surface area contributed by atoms with Crippen molar-refractivity contribution >= 4 is 11.8 Å². The molecule has 2 aliphatic rings. The highest BCUT2D eigenvalue weighted by molar-refractivity contribution is 5.80. The first-order valence-electron chi connectivity index (χ1n) is 13.0. The Bertz CT molecular complexity index is 964. The van der Waals surface area contributed by atoms with Crippen molar-refractivity contribution in [2.45, 2.75) is 63.5 Å². The minimum Gasteiger partial charge on any atom is -0.497 e. The van der Waals surface area contributed by atoms with Crippen molar-refractivity contribution in [3.05, 3.63) is 65.7 Å². The van der Waals surface area contributed by atoms with E-state index in [4.69, 9.17) is 4.74 Å². The van der Waals surface area contributed by atoms with E-state index < -0.39 is 0 Å².